The van der Waals surface area contributed by atoms with Crippen molar-refractivity contribution in [2.24, 2.45) is 11.8 Å². The third-order valence-electron chi connectivity index (χ3n) is 5.95. The fourth-order valence-electron chi connectivity index (χ4n) is 4.64. The van der Waals surface area contributed by atoms with Crippen molar-refractivity contribution in [1.82, 2.24) is 15.5 Å². The van der Waals surface area contributed by atoms with Crippen LogP contribution in [0.2, 0.25) is 0 Å². The van der Waals surface area contributed by atoms with Crippen LogP contribution in [0.15, 0.2) is 0 Å². The summed E-state index contributed by atoms with van der Waals surface area (Å²) in [5, 5.41) is 15.8. The third kappa shape index (κ3) is 2.56. The number of carbonyl (C=O) groups is 1. The van der Waals surface area contributed by atoms with Gasteiger partial charge < -0.3 is 10.6 Å². The van der Waals surface area contributed by atoms with E-state index in [4.69, 9.17) is 0 Å². The van der Waals surface area contributed by atoms with Crippen molar-refractivity contribution >= 4 is 5.91 Å². The van der Waals surface area contributed by atoms with Gasteiger partial charge in [0.25, 0.3) is 0 Å². The fraction of sp³-hybridized carbons (Fsp3) is 0.875. The molecule has 0 radical (unpaired) electrons. The van der Waals surface area contributed by atoms with Gasteiger partial charge in [0, 0.05) is 12.6 Å². The Balaban J connectivity index is 1.60. The largest absolute Gasteiger partial charge is 0.354 e. The van der Waals surface area contributed by atoms with E-state index in [1.807, 2.05) is 7.05 Å². The molecule has 2 N–H and O–H groups in total. The standard InChI is InChI=1S/C16H26N4O/c1-18-16(11-17)7-2-4-12(16)6-9-20-8-3-5-13-14(20)10-19-15(13)21/h12-14,18H,2-10H2,1H3,(H,19,21). The van der Waals surface area contributed by atoms with Crippen LogP contribution in [0, 0.1) is 23.2 Å². The molecule has 0 aromatic rings. The summed E-state index contributed by atoms with van der Waals surface area (Å²) in [4.78, 5) is 14.3. The molecule has 0 spiro atoms. The molecular formula is C16H26N4O. The molecule has 5 heteroatoms. The summed E-state index contributed by atoms with van der Waals surface area (Å²) >= 11 is 0. The molecule has 0 aromatic carbocycles. The number of nitriles is 1. The second-order valence-corrected chi connectivity index (χ2v) is 6.81. The van der Waals surface area contributed by atoms with Crippen molar-refractivity contribution in [2.45, 2.75) is 50.1 Å². The van der Waals surface area contributed by atoms with Gasteiger partial charge in [-0.15, -0.1) is 0 Å². The second-order valence-electron chi connectivity index (χ2n) is 6.81. The maximum Gasteiger partial charge on any atom is 0.224 e. The summed E-state index contributed by atoms with van der Waals surface area (Å²) in [6.07, 6.45) is 6.48. The van der Waals surface area contributed by atoms with E-state index < -0.39 is 0 Å². The first kappa shape index (κ1) is 14.8. The summed E-state index contributed by atoms with van der Waals surface area (Å²) in [5.74, 6) is 0.887. The molecule has 4 atom stereocenters. The van der Waals surface area contributed by atoms with Crippen LogP contribution in [0.5, 0.6) is 0 Å². The molecule has 3 fully saturated rings. The Bertz CT molecular complexity index is 446. The lowest BCUT2D eigenvalue weighted by molar-refractivity contribution is -0.124. The van der Waals surface area contributed by atoms with Crippen molar-refractivity contribution in [3.05, 3.63) is 0 Å². The number of amides is 1. The molecule has 21 heavy (non-hydrogen) atoms. The molecular weight excluding hydrogens is 264 g/mol. The van der Waals surface area contributed by atoms with Gasteiger partial charge in [0.1, 0.15) is 5.54 Å². The smallest absolute Gasteiger partial charge is 0.224 e. The van der Waals surface area contributed by atoms with Crippen LogP contribution in [0.25, 0.3) is 0 Å². The van der Waals surface area contributed by atoms with Crippen molar-refractivity contribution in [3.63, 3.8) is 0 Å². The average Bonchev–Trinajstić information content (AvgIpc) is 3.10. The number of hydrogen-bond donors (Lipinski definition) is 2. The number of carbonyl (C=O) groups excluding carboxylic acids is 1. The number of nitrogens with one attached hydrogen (secondary N) is 2. The highest BCUT2D eigenvalue weighted by Crippen LogP contribution is 2.38. The Hall–Kier alpha value is -1.12. The third-order valence-corrected chi connectivity index (χ3v) is 5.95. The Kier molecular flexibility index (Phi) is 4.19. The highest BCUT2D eigenvalue weighted by Gasteiger charge is 2.44. The molecule has 2 heterocycles. The van der Waals surface area contributed by atoms with Crippen LogP contribution < -0.4 is 10.6 Å². The first-order chi connectivity index (χ1) is 10.2. The lowest BCUT2D eigenvalue weighted by atomic mass is 9.85. The summed E-state index contributed by atoms with van der Waals surface area (Å²) in [5.41, 5.74) is -0.321. The minimum absolute atomic E-state index is 0.201. The van der Waals surface area contributed by atoms with Crippen LogP contribution in [-0.2, 0) is 4.79 Å². The predicted octanol–water partition coefficient (Wildman–Crippen LogP) is 0.869. The molecule has 1 amide bonds. The second kappa shape index (κ2) is 5.94. The van der Waals surface area contributed by atoms with E-state index in [1.165, 1.54) is 0 Å². The van der Waals surface area contributed by atoms with Gasteiger partial charge in [0.15, 0.2) is 0 Å². The van der Waals surface area contributed by atoms with Crippen LogP contribution in [0.4, 0.5) is 0 Å². The van der Waals surface area contributed by atoms with Gasteiger partial charge >= 0.3 is 0 Å². The summed E-state index contributed by atoms with van der Waals surface area (Å²) < 4.78 is 0. The van der Waals surface area contributed by atoms with E-state index in [2.05, 4.69) is 21.6 Å². The molecule has 0 bridgehead atoms. The van der Waals surface area contributed by atoms with Crippen molar-refractivity contribution < 1.29 is 4.79 Å². The Labute approximate surface area is 127 Å². The SMILES string of the molecule is CNC1(C#N)CCCC1CCN1CCCC2C(=O)NCC21. The van der Waals surface area contributed by atoms with Gasteiger partial charge in [-0.25, -0.2) is 0 Å². The molecule has 1 aliphatic carbocycles. The molecule has 4 unspecified atom stereocenters. The van der Waals surface area contributed by atoms with Gasteiger partial charge in [-0.2, -0.15) is 5.26 Å². The topological polar surface area (TPSA) is 68.2 Å². The number of hydrogen-bond acceptors (Lipinski definition) is 4. The van der Waals surface area contributed by atoms with Gasteiger partial charge in [-0.1, -0.05) is 6.42 Å². The Morgan fingerprint density at radius 3 is 3.10 bits per heavy atom. The summed E-state index contributed by atoms with van der Waals surface area (Å²) in [6, 6.07) is 2.91. The van der Waals surface area contributed by atoms with E-state index in [-0.39, 0.29) is 17.4 Å². The maximum absolute atomic E-state index is 11.8. The van der Waals surface area contributed by atoms with Gasteiger partial charge in [-0.3, -0.25) is 9.69 Å². The van der Waals surface area contributed by atoms with E-state index in [0.29, 0.717) is 12.0 Å². The first-order valence-corrected chi connectivity index (χ1v) is 8.32. The van der Waals surface area contributed by atoms with Crippen molar-refractivity contribution in [2.75, 3.05) is 26.7 Å². The maximum atomic E-state index is 11.8. The van der Waals surface area contributed by atoms with Crippen molar-refractivity contribution in [3.8, 4) is 6.07 Å². The number of fused-ring (bicyclic) bond motifs is 1. The minimum Gasteiger partial charge on any atom is -0.354 e. The van der Waals surface area contributed by atoms with Crippen LogP contribution in [0.1, 0.15) is 38.5 Å². The molecule has 0 aromatic heterocycles. The van der Waals surface area contributed by atoms with Gasteiger partial charge in [0.05, 0.1) is 12.0 Å². The zero-order valence-corrected chi connectivity index (χ0v) is 12.9. The molecule has 2 aliphatic heterocycles. The van der Waals surface area contributed by atoms with Gasteiger partial charge in [0.2, 0.25) is 5.91 Å². The molecule has 5 nitrogen and oxygen atoms in total. The van der Waals surface area contributed by atoms with Crippen LogP contribution in [-0.4, -0.2) is 49.1 Å². The highest BCUT2D eigenvalue weighted by molar-refractivity contribution is 5.82. The lowest BCUT2D eigenvalue weighted by Crippen LogP contribution is -2.49. The predicted molar refractivity (Wildman–Crippen MR) is 80.5 cm³/mol. The fourth-order valence-corrected chi connectivity index (χ4v) is 4.64. The molecule has 3 rings (SSSR count). The van der Waals surface area contributed by atoms with E-state index in [1.54, 1.807) is 0 Å². The van der Waals surface area contributed by atoms with E-state index >= 15 is 0 Å². The quantitative estimate of drug-likeness (QED) is 0.806. The molecule has 2 saturated heterocycles. The number of likely N-dealkylation sites (tertiary alicyclic amines) is 1. The molecule has 1 saturated carbocycles. The number of rotatable bonds is 4. The van der Waals surface area contributed by atoms with E-state index in [9.17, 15) is 10.1 Å². The lowest BCUT2D eigenvalue weighted by Gasteiger charge is -2.37. The number of nitrogens with zero attached hydrogens (tertiary/aromatic N) is 2. The summed E-state index contributed by atoms with van der Waals surface area (Å²) in [6.45, 7) is 2.93. The Morgan fingerprint density at radius 1 is 1.48 bits per heavy atom. The normalized spacial score (nSPS) is 39.8. The molecule has 116 valence electrons. The average molecular weight is 290 g/mol. The Morgan fingerprint density at radius 2 is 2.33 bits per heavy atom. The van der Waals surface area contributed by atoms with Gasteiger partial charge in [-0.05, 0) is 58.2 Å². The highest BCUT2D eigenvalue weighted by atomic mass is 16.2. The monoisotopic (exact) mass is 290 g/mol. The van der Waals surface area contributed by atoms with Crippen LogP contribution >= 0.6 is 0 Å². The zero-order valence-electron chi connectivity index (χ0n) is 12.9. The minimum atomic E-state index is -0.321. The molecule has 3 aliphatic rings. The zero-order chi connectivity index (χ0) is 14.9. The van der Waals surface area contributed by atoms with Crippen molar-refractivity contribution in [1.29, 1.82) is 5.26 Å². The van der Waals surface area contributed by atoms with E-state index in [0.717, 1.165) is 58.2 Å². The summed E-state index contributed by atoms with van der Waals surface area (Å²) in [7, 11) is 1.91. The first-order valence-electron chi connectivity index (χ1n) is 8.32. The van der Waals surface area contributed by atoms with Crippen LogP contribution in [0.3, 0.4) is 0 Å². The number of piperidine rings is 1.